The first-order valence-corrected chi connectivity index (χ1v) is 7.64. The van der Waals surface area contributed by atoms with Gasteiger partial charge in [-0.1, -0.05) is 6.07 Å². The van der Waals surface area contributed by atoms with Crippen molar-refractivity contribution in [3.05, 3.63) is 30.7 Å². The van der Waals surface area contributed by atoms with Gasteiger partial charge in [0.05, 0.1) is 17.7 Å². The highest BCUT2D eigenvalue weighted by atomic mass is 16.6. The highest BCUT2D eigenvalue weighted by molar-refractivity contribution is 5.97. The number of fused-ring (bicyclic) bond motifs is 1. The Bertz CT molecular complexity index is 902. The SMILES string of the molecule is Nc1ncnc2c1c(-c1ccccn1)nn2[C@@H]1O[C@H](CO)[C@@H](O)[C@H]1O. The first kappa shape index (κ1) is 15.8. The smallest absolute Gasteiger partial charge is 0.181 e. The zero-order valence-electron chi connectivity index (χ0n) is 13.0. The quantitative estimate of drug-likeness (QED) is 0.472. The number of ether oxygens (including phenoxy) is 1. The van der Waals surface area contributed by atoms with Crippen molar-refractivity contribution in [1.29, 1.82) is 0 Å². The van der Waals surface area contributed by atoms with Crippen LogP contribution in [0.25, 0.3) is 22.4 Å². The van der Waals surface area contributed by atoms with Crippen LogP contribution in [-0.2, 0) is 4.74 Å². The topological polar surface area (TPSA) is 152 Å². The average Bonchev–Trinajstić information content (AvgIpc) is 3.15. The summed E-state index contributed by atoms with van der Waals surface area (Å²) in [5.74, 6) is 0.212. The van der Waals surface area contributed by atoms with Crippen molar-refractivity contribution in [2.75, 3.05) is 12.3 Å². The molecular weight excluding hydrogens is 328 g/mol. The summed E-state index contributed by atoms with van der Waals surface area (Å²) in [4.78, 5) is 12.4. The van der Waals surface area contributed by atoms with E-state index in [1.165, 1.54) is 11.0 Å². The summed E-state index contributed by atoms with van der Waals surface area (Å²) in [6.07, 6.45) is -1.58. The zero-order chi connectivity index (χ0) is 17.6. The van der Waals surface area contributed by atoms with Crippen LogP contribution in [0, 0.1) is 0 Å². The minimum atomic E-state index is -1.28. The molecule has 4 atom stereocenters. The second-order valence-corrected chi connectivity index (χ2v) is 5.69. The summed E-state index contributed by atoms with van der Waals surface area (Å²) >= 11 is 0. The number of rotatable bonds is 3. The molecule has 3 aromatic heterocycles. The minimum Gasteiger partial charge on any atom is -0.394 e. The van der Waals surface area contributed by atoms with Gasteiger partial charge in [-0.15, -0.1) is 0 Å². The van der Waals surface area contributed by atoms with E-state index in [9.17, 15) is 15.3 Å². The Labute approximate surface area is 141 Å². The first-order chi connectivity index (χ1) is 12.1. The molecule has 1 aliphatic heterocycles. The second-order valence-electron chi connectivity index (χ2n) is 5.69. The molecule has 1 aliphatic rings. The lowest BCUT2D eigenvalue weighted by atomic mass is 10.1. The van der Waals surface area contributed by atoms with Gasteiger partial charge in [-0.3, -0.25) is 4.98 Å². The number of aliphatic hydroxyl groups is 3. The highest BCUT2D eigenvalue weighted by Crippen LogP contribution is 2.35. The maximum Gasteiger partial charge on any atom is 0.181 e. The Kier molecular flexibility index (Phi) is 3.81. The average molecular weight is 344 g/mol. The molecule has 3 aromatic rings. The van der Waals surface area contributed by atoms with Crippen molar-refractivity contribution in [3.8, 4) is 11.4 Å². The summed E-state index contributed by atoms with van der Waals surface area (Å²) in [6, 6.07) is 5.34. The lowest BCUT2D eigenvalue weighted by molar-refractivity contribution is -0.0565. The van der Waals surface area contributed by atoms with Crippen LogP contribution >= 0.6 is 0 Å². The molecule has 0 saturated carbocycles. The molecule has 0 bridgehead atoms. The number of aliphatic hydroxyl groups excluding tert-OH is 3. The minimum absolute atomic E-state index is 0.212. The van der Waals surface area contributed by atoms with Gasteiger partial charge in [0, 0.05) is 6.20 Å². The standard InChI is InChI=1S/C15H16N6O4/c16-13-9-10(7-3-1-2-4-17-7)20-21(14(9)19-6-18-13)15-12(24)11(23)8(5-22)25-15/h1-4,6,8,11-12,15,22-24H,5H2,(H2,16,18,19)/t8-,11-,12-,15-/m1/s1. The number of aromatic nitrogens is 5. The number of anilines is 1. The van der Waals surface area contributed by atoms with Crippen LogP contribution in [0.2, 0.25) is 0 Å². The fraction of sp³-hybridized carbons (Fsp3) is 0.333. The molecule has 0 aliphatic carbocycles. The van der Waals surface area contributed by atoms with Gasteiger partial charge in [-0.05, 0) is 12.1 Å². The third-order valence-electron chi connectivity index (χ3n) is 4.18. The molecule has 0 spiro atoms. The molecule has 25 heavy (non-hydrogen) atoms. The molecule has 10 heteroatoms. The summed E-state index contributed by atoms with van der Waals surface area (Å²) in [5, 5.41) is 34.5. The predicted molar refractivity (Wildman–Crippen MR) is 86.0 cm³/mol. The molecule has 1 fully saturated rings. The number of hydrogen-bond donors (Lipinski definition) is 4. The van der Waals surface area contributed by atoms with Crippen molar-refractivity contribution in [2.45, 2.75) is 24.5 Å². The Morgan fingerprint density at radius 3 is 2.68 bits per heavy atom. The normalized spacial score (nSPS) is 26.4. The molecule has 0 amide bonds. The van der Waals surface area contributed by atoms with Gasteiger partial charge in [0.15, 0.2) is 11.9 Å². The van der Waals surface area contributed by atoms with E-state index in [1.54, 1.807) is 24.4 Å². The van der Waals surface area contributed by atoms with Crippen molar-refractivity contribution in [2.24, 2.45) is 0 Å². The van der Waals surface area contributed by atoms with Gasteiger partial charge in [-0.2, -0.15) is 5.10 Å². The third kappa shape index (κ3) is 2.43. The van der Waals surface area contributed by atoms with Crippen LogP contribution < -0.4 is 5.73 Å². The number of hydrogen-bond acceptors (Lipinski definition) is 9. The zero-order valence-corrected chi connectivity index (χ0v) is 13.0. The van der Waals surface area contributed by atoms with Gasteiger partial charge in [0.2, 0.25) is 0 Å². The third-order valence-corrected chi connectivity index (χ3v) is 4.18. The van der Waals surface area contributed by atoms with Crippen LogP contribution in [0.4, 0.5) is 5.82 Å². The molecule has 0 radical (unpaired) electrons. The van der Waals surface area contributed by atoms with E-state index in [2.05, 4.69) is 20.1 Å². The largest absolute Gasteiger partial charge is 0.394 e. The van der Waals surface area contributed by atoms with Crippen LogP contribution in [0.1, 0.15) is 6.23 Å². The molecule has 1 saturated heterocycles. The van der Waals surface area contributed by atoms with E-state index in [-0.39, 0.29) is 5.82 Å². The van der Waals surface area contributed by atoms with E-state index < -0.39 is 31.1 Å². The number of nitrogens with zero attached hydrogens (tertiary/aromatic N) is 5. The molecular formula is C15H16N6O4. The first-order valence-electron chi connectivity index (χ1n) is 7.64. The van der Waals surface area contributed by atoms with E-state index in [4.69, 9.17) is 10.5 Å². The number of nitrogen functional groups attached to an aromatic ring is 1. The molecule has 4 heterocycles. The van der Waals surface area contributed by atoms with Gasteiger partial charge >= 0.3 is 0 Å². The van der Waals surface area contributed by atoms with Crippen LogP contribution in [0.5, 0.6) is 0 Å². The molecule has 130 valence electrons. The maximum atomic E-state index is 10.3. The summed E-state index contributed by atoms with van der Waals surface area (Å²) in [6.45, 7) is -0.432. The van der Waals surface area contributed by atoms with Gasteiger partial charge in [-0.25, -0.2) is 14.6 Å². The van der Waals surface area contributed by atoms with Crippen LogP contribution in [-0.4, -0.2) is 65.0 Å². The fourth-order valence-corrected chi connectivity index (χ4v) is 2.94. The second kappa shape index (κ2) is 6.01. The Morgan fingerprint density at radius 1 is 1.16 bits per heavy atom. The van der Waals surface area contributed by atoms with E-state index in [0.29, 0.717) is 22.4 Å². The lowest BCUT2D eigenvalue weighted by Gasteiger charge is -2.15. The molecule has 10 nitrogen and oxygen atoms in total. The van der Waals surface area contributed by atoms with Gasteiger partial charge < -0.3 is 25.8 Å². The van der Waals surface area contributed by atoms with Crippen LogP contribution in [0.3, 0.4) is 0 Å². The summed E-state index contributed by atoms with van der Waals surface area (Å²) < 4.78 is 6.88. The van der Waals surface area contributed by atoms with E-state index >= 15 is 0 Å². The van der Waals surface area contributed by atoms with Crippen molar-refractivity contribution in [1.82, 2.24) is 24.7 Å². The van der Waals surface area contributed by atoms with Crippen molar-refractivity contribution < 1.29 is 20.1 Å². The van der Waals surface area contributed by atoms with Gasteiger partial charge in [0.1, 0.15) is 36.2 Å². The van der Waals surface area contributed by atoms with Crippen molar-refractivity contribution >= 4 is 16.9 Å². The fourth-order valence-electron chi connectivity index (χ4n) is 2.94. The molecule has 0 unspecified atom stereocenters. The van der Waals surface area contributed by atoms with E-state index in [1.807, 2.05) is 0 Å². The Balaban J connectivity index is 1.90. The van der Waals surface area contributed by atoms with Crippen LogP contribution in [0.15, 0.2) is 30.7 Å². The highest BCUT2D eigenvalue weighted by Gasteiger charge is 2.44. The molecule has 4 rings (SSSR count). The Morgan fingerprint density at radius 2 is 2.00 bits per heavy atom. The molecule has 5 N–H and O–H groups in total. The monoisotopic (exact) mass is 344 g/mol. The number of nitrogens with two attached hydrogens (primary N) is 1. The summed E-state index contributed by atoms with van der Waals surface area (Å²) in [7, 11) is 0. The number of pyridine rings is 1. The maximum absolute atomic E-state index is 10.3. The summed E-state index contributed by atoms with van der Waals surface area (Å²) in [5.41, 5.74) is 7.32. The van der Waals surface area contributed by atoms with Gasteiger partial charge in [0.25, 0.3) is 0 Å². The van der Waals surface area contributed by atoms with Crippen molar-refractivity contribution in [3.63, 3.8) is 0 Å². The predicted octanol–water partition coefficient (Wildman–Crippen LogP) is -0.918. The van der Waals surface area contributed by atoms with E-state index in [0.717, 1.165) is 0 Å². The lowest BCUT2D eigenvalue weighted by Crippen LogP contribution is -2.33. The Hall–Kier alpha value is -2.66. The molecule has 0 aromatic carbocycles.